The highest BCUT2D eigenvalue weighted by atomic mass is 32.2. The molecular weight excluding hydrogens is 647 g/mol. The van der Waals surface area contributed by atoms with Gasteiger partial charge in [0.05, 0.1) is 18.1 Å². The normalized spacial score (nSPS) is 23.3. The van der Waals surface area contributed by atoms with Crippen LogP contribution in [0, 0.1) is 0 Å². The summed E-state index contributed by atoms with van der Waals surface area (Å²) in [6.45, 7) is 6.59. The van der Waals surface area contributed by atoms with Gasteiger partial charge >= 0.3 is 18.2 Å². The number of aliphatic carboxylic acids is 1. The van der Waals surface area contributed by atoms with Crippen LogP contribution in [0.1, 0.15) is 12.8 Å². The fourth-order valence-corrected chi connectivity index (χ4v) is 8.20. The van der Waals surface area contributed by atoms with Gasteiger partial charge in [-0.15, -0.1) is 0 Å². The quantitative estimate of drug-likeness (QED) is 0.479. The number of halogens is 3. The zero-order valence-electron chi connectivity index (χ0n) is 25.9. The number of benzene rings is 1. The van der Waals surface area contributed by atoms with E-state index in [1.807, 2.05) is 27.8 Å². The Bertz CT molecular complexity index is 1600. The molecule has 4 saturated heterocycles. The average molecular weight is 686 g/mol. The summed E-state index contributed by atoms with van der Waals surface area (Å²) < 4.78 is 66.7. The van der Waals surface area contributed by atoms with E-state index >= 15 is 0 Å². The van der Waals surface area contributed by atoms with Crippen LogP contribution in [0.2, 0.25) is 0 Å². The van der Waals surface area contributed by atoms with E-state index in [0.717, 1.165) is 11.1 Å². The summed E-state index contributed by atoms with van der Waals surface area (Å²) in [5.41, 5.74) is 0.0566. The van der Waals surface area contributed by atoms with E-state index in [4.69, 9.17) is 14.6 Å². The monoisotopic (exact) mass is 685 g/mol. The molecule has 47 heavy (non-hydrogen) atoms. The summed E-state index contributed by atoms with van der Waals surface area (Å²) in [7, 11) is -1.98. The number of aromatic nitrogens is 1. The predicted molar refractivity (Wildman–Crippen MR) is 163 cm³/mol. The zero-order chi connectivity index (χ0) is 34.0. The van der Waals surface area contributed by atoms with Gasteiger partial charge in [-0.1, -0.05) is 0 Å². The number of carbonyl (C=O) groups is 3. The molecule has 2 aromatic rings. The molecule has 1 unspecified atom stereocenters. The number of morpholine rings is 1. The molecule has 3 amide bonds. The molecule has 0 radical (unpaired) electrons. The fourth-order valence-electron chi connectivity index (χ4n) is 6.47. The molecule has 2 N–H and O–H groups in total. The van der Waals surface area contributed by atoms with E-state index in [1.165, 1.54) is 4.31 Å². The molecule has 1 spiro atoms. The second-order valence-electron chi connectivity index (χ2n) is 11.8. The van der Waals surface area contributed by atoms with Crippen molar-refractivity contribution in [3.63, 3.8) is 0 Å². The van der Waals surface area contributed by atoms with E-state index in [-0.39, 0.29) is 23.4 Å². The molecule has 1 atom stereocenters. The molecule has 5 heterocycles. The van der Waals surface area contributed by atoms with Crippen molar-refractivity contribution in [1.29, 1.82) is 0 Å². The maximum Gasteiger partial charge on any atom is 0.490 e. The molecule has 6 rings (SSSR count). The van der Waals surface area contributed by atoms with Crippen molar-refractivity contribution in [3.8, 4) is 0 Å². The lowest BCUT2D eigenvalue weighted by atomic mass is 9.86. The summed E-state index contributed by atoms with van der Waals surface area (Å²) in [6, 6.07) is 5.34. The third-order valence-electron chi connectivity index (χ3n) is 9.11. The van der Waals surface area contributed by atoms with Crippen molar-refractivity contribution in [2.45, 2.75) is 29.5 Å². The number of rotatable bonds is 3. The van der Waals surface area contributed by atoms with Crippen LogP contribution in [-0.4, -0.2) is 153 Å². The Morgan fingerprint density at radius 1 is 0.979 bits per heavy atom. The Labute approximate surface area is 270 Å². The minimum absolute atomic E-state index is 0.0486. The molecule has 4 aliphatic heterocycles. The van der Waals surface area contributed by atoms with Gasteiger partial charge in [-0.3, -0.25) is 14.7 Å². The number of piperazine rings is 2. The number of hydrogen-bond donors (Lipinski definition) is 2. The number of carboxylic acid groups (broad SMARTS) is 1. The first-order valence-corrected chi connectivity index (χ1v) is 16.7. The summed E-state index contributed by atoms with van der Waals surface area (Å²) in [6.07, 6.45) is -0.508. The SMILES string of the molecule is CN1CCNC(=O)C12CCCN(S(=O)(=O)c1ccc(N3CCN(C(=O)N4CCOCC4)CC3)c3cnccc13)C2.O=C(O)C(F)(F)F. The molecule has 258 valence electrons. The van der Waals surface area contributed by atoms with Crippen molar-refractivity contribution in [2.75, 3.05) is 90.6 Å². The van der Waals surface area contributed by atoms with Crippen LogP contribution >= 0.6 is 0 Å². The Balaban J connectivity index is 0.000000559. The highest BCUT2D eigenvalue weighted by Crippen LogP contribution is 2.36. The standard InChI is InChI=1S/C27H37N7O5S.C2HF3O2/c1-30-10-8-29-25(35)27(30)6-2-9-34(20-27)40(37,38)24-4-3-23(22-19-28-7-5-21(22)24)31-11-13-32(14-12-31)26(36)33-15-17-39-18-16-33;3-2(4,5)1(6)7/h3-5,7,19H,2,6,8-18,20H2,1H3,(H,29,35);(H,6,7). The fraction of sp³-hybridized carbons (Fsp3) is 0.586. The number of urea groups is 1. The molecule has 0 aliphatic carbocycles. The number of piperidine rings is 1. The van der Waals surface area contributed by atoms with Crippen LogP contribution in [0.4, 0.5) is 23.7 Å². The lowest BCUT2D eigenvalue weighted by Crippen LogP contribution is -2.69. The molecule has 4 fully saturated rings. The second-order valence-corrected chi connectivity index (χ2v) is 13.7. The Hall–Kier alpha value is -3.74. The number of ether oxygens (including phenoxy) is 1. The molecule has 0 saturated carbocycles. The number of fused-ring (bicyclic) bond motifs is 1. The molecule has 1 aromatic carbocycles. The molecule has 4 aliphatic rings. The van der Waals surface area contributed by atoms with E-state index in [0.29, 0.717) is 90.3 Å². The Morgan fingerprint density at radius 2 is 1.64 bits per heavy atom. The van der Waals surface area contributed by atoms with Crippen LogP contribution in [0.25, 0.3) is 10.8 Å². The smallest absolute Gasteiger partial charge is 0.475 e. The molecule has 18 heteroatoms. The first kappa shape index (κ1) is 34.6. The molecule has 0 bridgehead atoms. The maximum absolute atomic E-state index is 14.1. The van der Waals surface area contributed by atoms with Crippen LogP contribution < -0.4 is 10.2 Å². The minimum Gasteiger partial charge on any atom is -0.475 e. The highest BCUT2D eigenvalue weighted by Gasteiger charge is 2.50. The first-order chi connectivity index (χ1) is 22.3. The number of sulfonamides is 1. The number of carboxylic acids is 1. The van der Waals surface area contributed by atoms with Gasteiger partial charge in [-0.25, -0.2) is 18.0 Å². The van der Waals surface area contributed by atoms with Gasteiger partial charge in [-0.05, 0) is 38.1 Å². The van der Waals surface area contributed by atoms with Crippen LogP contribution in [0.3, 0.4) is 0 Å². The van der Waals surface area contributed by atoms with Crippen LogP contribution in [0.5, 0.6) is 0 Å². The summed E-state index contributed by atoms with van der Waals surface area (Å²) in [5, 5.41) is 11.4. The number of carbonyl (C=O) groups excluding carboxylic acids is 2. The zero-order valence-corrected chi connectivity index (χ0v) is 26.7. The number of amides is 3. The third kappa shape index (κ3) is 7.09. The van der Waals surface area contributed by atoms with Crippen LogP contribution in [-0.2, 0) is 24.3 Å². The van der Waals surface area contributed by atoms with E-state index < -0.39 is 27.7 Å². The third-order valence-corrected chi connectivity index (χ3v) is 11.0. The first-order valence-electron chi connectivity index (χ1n) is 15.3. The molecule has 14 nitrogen and oxygen atoms in total. The highest BCUT2D eigenvalue weighted by molar-refractivity contribution is 7.89. The number of hydrogen-bond acceptors (Lipinski definition) is 9. The van der Waals surface area contributed by atoms with Crippen molar-refractivity contribution in [1.82, 2.24) is 29.3 Å². The summed E-state index contributed by atoms with van der Waals surface area (Å²) >= 11 is 0. The van der Waals surface area contributed by atoms with Gasteiger partial charge < -0.3 is 29.9 Å². The van der Waals surface area contributed by atoms with E-state index in [1.54, 1.807) is 24.5 Å². The van der Waals surface area contributed by atoms with Gasteiger partial charge in [0.1, 0.15) is 5.54 Å². The topological polar surface area (TPSA) is 156 Å². The number of alkyl halides is 3. The van der Waals surface area contributed by atoms with Crippen molar-refractivity contribution < 1.29 is 45.8 Å². The van der Waals surface area contributed by atoms with E-state index in [9.17, 15) is 31.2 Å². The Kier molecular flexibility index (Phi) is 10.1. The van der Waals surface area contributed by atoms with Crippen molar-refractivity contribution in [3.05, 3.63) is 30.6 Å². The largest absolute Gasteiger partial charge is 0.490 e. The van der Waals surface area contributed by atoms with Gasteiger partial charge in [0.25, 0.3) is 0 Å². The number of likely N-dealkylation sites (N-methyl/N-ethyl adjacent to an activating group) is 1. The lowest BCUT2D eigenvalue weighted by Gasteiger charge is -2.48. The maximum atomic E-state index is 14.1. The van der Waals surface area contributed by atoms with Gasteiger partial charge in [-0.2, -0.15) is 17.5 Å². The van der Waals surface area contributed by atoms with Gasteiger partial charge in [0.15, 0.2) is 0 Å². The van der Waals surface area contributed by atoms with E-state index in [2.05, 4.69) is 15.2 Å². The second kappa shape index (κ2) is 13.8. The number of nitrogens with zero attached hydrogens (tertiary/aromatic N) is 6. The minimum atomic E-state index is -5.08. The number of nitrogens with one attached hydrogen (secondary N) is 1. The van der Waals surface area contributed by atoms with Crippen LogP contribution in [0.15, 0.2) is 35.5 Å². The van der Waals surface area contributed by atoms with Crippen molar-refractivity contribution in [2.24, 2.45) is 0 Å². The lowest BCUT2D eigenvalue weighted by molar-refractivity contribution is -0.192. The Morgan fingerprint density at radius 3 is 2.28 bits per heavy atom. The van der Waals surface area contributed by atoms with Gasteiger partial charge in [0, 0.05) is 94.3 Å². The average Bonchev–Trinajstić information content (AvgIpc) is 3.07. The van der Waals surface area contributed by atoms with Crippen molar-refractivity contribution >= 4 is 44.4 Å². The van der Waals surface area contributed by atoms with Gasteiger partial charge in [0.2, 0.25) is 15.9 Å². The predicted octanol–water partition coefficient (Wildman–Crippen LogP) is 1.03. The molecular formula is C29H38F3N7O7S. The summed E-state index contributed by atoms with van der Waals surface area (Å²) in [4.78, 5) is 47.3. The number of pyridine rings is 1. The number of anilines is 1. The summed E-state index contributed by atoms with van der Waals surface area (Å²) in [5.74, 6) is -2.86. The molecule has 1 aromatic heterocycles.